The summed E-state index contributed by atoms with van der Waals surface area (Å²) in [5.74, 6) is 1.50. The molecule has 1 aliphatic heterocycles. The van der Waals surface area contributed by atoms with Crippen LogP contribution >= 0.6 is 0 Å². The van der Waals surface area contributed by atoms with Crippen LogP contribution in [0.4, 0.5) is 0 Å². The number of hydrogen-bond donors (Lipinski definition) is 0. The monoisotopic (exact) mass is 329 g/mol. The first-order chi connectivity index (χ1) is 10.5. The summed E-state index contributed by atoms with van der Waals surface area (Å²) in [6, 6.07) is 0. The van der Waals surface area contributed by atoms with E-state index in [4.69, 9.17) is 4.74 Å². The molecule has 0 spiro atoms. The minimum absolute atomic E-state index is 0.249. The zero-order chi connectivity index (χ0) is 16.2. The molecule has 1 atom stereocenters. The summed E-state index contributed by atoms with van der Waals surface area (Å²) < 4.78 is 33.5. The molecule has 126 valence electrons. The molecule has 22 heavy (non-hydrogen) atoms. The van der Waals surface area contributed by atoms with Gasteiger partial charge >= 0.3 is 0 Å². The lowest BCUT2D eigenvalue weighted by Crippen LogP contribution is -2.42. The molecule has 7 heteroatoms. The molecule has 0 aromatic carbocycles. The number of imidazole rings is 1. The van der Waals surface area contributed by atoms with Crippen molar-refractivity contribution in [3.63, 3.8) is 0 Å². The molecular weight excluding hydrogens is 302 g/mol. The van der Waals surface area contributed by atoms with Crippen LogP contribution in [0.5, 0.6) is 0 Å². The van der Waals surface area contributed by atoms with E-state index < -0.39 is 10.0 Å². The average molecular weight is 329 g/mol. The molecule has 1 aliphatic rings. The summed E-state index contributed by atoms with van der Waals surface area (Å²) in [5.41, 5.74) is 1.10. The van der Waals surface area contributed by atoms with Gasteiger partial charge in [0.05, 0.1) is 5.75 Å². The van der Waals surface area contributed by atoms with Gasteiger partial charge < -0.3 is 9.30 Å². The molecule has 0 N–H and O–H groups in total. The Morgan fingerprint density at radius 3 is 2.91 bits per heavy atom. The Morgan fingerprint density at radius 1 is 1.45 bits per heavy atom. The maximum atomic E-state index is 12.3. The fraction of sp³-hybridized carbons (Fsp3) is 0.800. The normalized spacial score (nSPS) is 20.4. The summed E-state index contributed by atoms with van der Waals surface area (Å²) in [7, 11) is -1.43. The number of aromatic nitrogens is 2. The SMILES string of the molecule is CCCS(=O)(=O)N1CCCC(Cn2c(C)cnc2COC)C1. The molecule has 6 nitrogen and oxygen atoms in total. The molecule has 2 heterocycles. The Hall–Kier alpha value is -0.920. The predicted molar refractivity (Wildman–Crippen MR) is 86.1 cm³/mol. The summed E-state index contributed by atoms with van der Waals surface area (Å²) >= 11 is 0. The zero-order valence-electron chi connectivity index (χ0n) is 13.8. The molecule has 0 aliphatic carbocycles. The Kier molecular flexibility index (Phi) is 6.00. The number of rotatable bonds is 7. The molecule has 0 bridgehead atoms. The second-order valence-corrected chi connectivity index (χ2v) is 8.13. The Labute approximate surface area is 133 Å². The fourth-order valence-corrected chi connectivity index (χ4v) is 4.70. The van der Waals surface area contributed by atoms with E-state index in [2.05, 4.69) is 9.55 Å². The number of ether oxygens (including phenoxy) is 1. The van der Waals surface area contributed by atoms with Crippen LogP contribution in [-0.2, 0) is 27.9 Å². The highest BCUT2D eigenvalue weighted by molar-refractivity contribution is 7.89. The van der Waals surface area contributed by atoms with Gasteiger partial charge in [0.1, 0.15) is 12.4 Å². The van der Waals surface area contributed by atoms with Crippen LogP contribution < -0.4 is 0 Å². The van der Waals surface area contributed by atoms with Gasteiger partial charge in [0.2, 0.25) is 10.0 Å². The standard InChI is InChI=1S/C15H27N3O3S/c1-4-8-22(19,20)17-7-5-6-14(10-17)11-18-13(2)9-16-15(18)12-21-3/h9,14H,4-8,10-12H2,1-3H3. The average Bonchev–Trinajstić information content (AvgIpc) is 2.81. The minimum Gasteiger partial charge on any atom is -0.377 e. The number of hydrogen-bond acceptors (Lipinski definition) is 4. The second-order valence-electron chi connectivity index (χ2n) is 6.04. The summed E-state index contributed by atoms with van der Waals surface area (Å²) in [6.07, 6.45) is 4.51. The van der Waals surface area contributed by atoms with Gasteiger partial charge in [-0.15, -0.1) is 0 Å². The van der Waals surface area contributed by atoms with Crippen LogP contribution in [0.25, 0.3) is 0 Å². The molecule has 1 fully saturated rings. The van der Waals surface area contributed by atoms with E-state index in [0.717, 1.165) is 30.9 Å². The summed E-state index contributed by atoms with van der Waals surface area (Å²) in [5, 5.41) is 0. The largest absolute Gasteiger partial charge is 0.377 e. The number of sulfonamides is 1. The number of nitrogens with zero attached hydrogens (tertiary/aromatic N) is 3. The maximum absolute atomic E-state index is 12.3. The minimum atomic E-state index is -3.09. The van der Waals surface area contributed by atoms with Crippen molar-refractivity contribution in [3.05, 3.63) is 17.7 Å². The summed E-state index contributed by atoms with van der Waals surface area (Å²) in [6.45, 7) is 6.51. The van der Waals surface area contributed by atoms with Crippen molar-refractivity contribution in [3.8, 4) is 0 Å². The predicted octanol–water partition coefficient (Wildman–Crippen LogP) is 1.79. The third-order valence-corrected chi connectivity index (χ3v) is 6.23. The van der Waals surface area contributed by atoms with Crippen LogP contribution in [0.3, 0.4) is 0 Å². The van der Waals surface area contributed by atoms with Gasteiger partial charge in [-0.05, 0) is 32.1 Å². The Morgan fingerprint density at radius 2 is 2.23 bits per heavy atom. The van der Waals surface area contributed by atoms with Gasteiger partial charge in [0, 0.05) is 38.6 Å². The van der Waals surface area contributed by atoms with Gasteiger partial charge in [-0.25, -0.2) is 17.7 Å². The zero-order valence-corrected chi connectivity index (χ0v) is 14.6. The van der Waals surface area contributed by atoms with E-state index in [1.807, 2.05) is 20.0 Å². The van der Waals surface area contributed by atoms with Crippen LogP contribution in [0.15, 0.2) is 6.20 Å². The van der Waals surface area contributed by atoms with Gasteiger partial charge in [0.15, 0.2) is 0 Å². The van der Waals surface area contributed by atoms with E-state index in [-0.39, 0.29) is 5.75 Å². The fourth-order valence-electron chi connectivity index (χ4n) is 3.08. The maximum Gasteiger partial charge on any atom is 0.214 e. The smallest absolute Gasteiger partial charge is 0.214 e. The lowest BCUT2D eigenvalue weighted by molar-refractivity contribution is 0.169. The van der Waals surface area contributed by atoms with Crippen LogP contribution in [-0.4, -0.2) is 48.2 Å². The molecule has 0 radical (unpaired) electrons. The lowest BCUT2D eigenvalue weighted by atomic mass is 9.99. The molecule has 1 aromatic heterocycles. The molecule has 0 saturated carbocycles. The molecule has 1 saturated heterocycles. The van der Waals surface area contributed by atoms with Gasteiger partial charge in [-0.3, -0.25) is 0 Å². The summed E-state index contributed by atoms with van der Waals surface area (Å²) in [4.78, 5) is 4.37. The van der Waals surface area contributed by atoms with Gasteiger partial charge in [0.25, 0.3) is 0 Å². The van der Waals surface area contributed by atoms with Crippen molar-refractivity contribution < 1.29 is 13.2 Å². The Bertz CT molecular complexity index is 583. The third-order valence-electron chi connectivity index (χ3n) is 4.19. The van der Waals surface area contributed by atoms with Crippen LogP contribution in [0.2, 0.25) is 0 Å². The van der Waals surface area contributed by atoms with Crippen molar-refractivity contribution in [2.45, 2.75) is 46.3 Å². The van der Waals surface area contributed by atoms with Crippen LogP contribution in [0.1, 0.15) is 37.7 Å². The first-order valence-electron chi connectivity index (χ1n) is 7.95. The van der Waals surface area contributed by atoms with Crippen molar-refractivity contribution in [2.24, 2.45) is 5.92 Å². The highest BCUT2D eigenvalue weighted by Gasteiger charge is 2.28. The molecule has 1 aromatic rings. The Balaban J connectivity index is 2.06. The quantitative estimate of drug-likeness (QED) is 0.765. The van der Waals surface area contributed by atoms with E-state index in [9.17, 15) is 8.42 Å². The molecule has 0 amide bonds. The van der Waals surface area contributed by atoms with E-state index in [0.29, 0.717) is 32.0 Å². The first kappa shape index (κ1) is 17.4. The van der Waals surface area contributed by atoms with Crippen LogP contribution in [0, 0.1) is 12.8 Å². The van der Waals surface area contributed by atoms with E-state index in [1.54, 1.807) is 11.4 Å². The number of aryl methyl sites for hydroxylation is 1. The molecular formula is C15H27N3O3S. The highest BCUT2D eigenvalue weighted by Crippen LogP contribution is 2.22. The lowest BCUT2D eigenvalue weighted by Gasteiger charge is -2.32. The van der Waals surface area contributed by atoms with Crippen molar-refractivity contribution in [1.29, 1.82) is 0 Å². The van der Waals surface area contributed by atoms with E-state index >= 15 is 0 Å². The topological polar surface area (TPSA) is 64.4 Å². The number of methoxy groups -OCH3 is 1. The van der Waals surface area contributed by atoms with Crippen molar-refractivity contribution >= 4 is 10.0 Å². The number of piperidine rings is 1. The molecule has 1 unspecified atom stereocenters. The highest BCUT2D eigenvalue weighted by atomic mass is 32.2. The third kappa shape index (κ3) is 4.08. The van der Waals surface area contributed by atoms with E-state index in [1.165, 1.54) is 0 Å². The first-order valence-corrected chi connectivity index (χ1v) is 9.56. The second kappa shape index (κ2) is 7.57. The van der Waals surface area contributed by atoms with Crippen molar-refractivity contribution in [1.82, 2.24) is 13.9 Å². The van der Waals surface area contributed by atoms with Gasteiger partial charge in [-0.2, -0.15) is 0 Å². The molecule has 2 rings (SSSR count). The van der Waals surface area contributed by atoms with Crippen molar-refractivity contribution in [2.75, 3.05) is 26.0 Å². The van der Waals surface area contributed by atoms with Gasteiger partial charge in [-0.1, -0.05) is 6.92 Å².